The van der Waals surface area contributed by atoms with Gasteiger partial charge in [0.05, 0.1) is 5.69 Å². The number of carboxylic acids is 1. The molecule has 0 aliphatic rings. The highest BCUT2D eigenvalue weighted by Gasteiger charge is 2.19. The lowest BCUT2D eigenvalue weighted by Crippen LogP contribution is -2.35. The third kappa shape index (κ3) is 6.70. The van der Waals surface area contributed by atoms with Gasteiger partial charge >= 0.3 is 5.97 Å². The number of benzene rings is 3. The molecule has 0 spiro atoms. The van der Waals surface area contributed by atoms with Gasteiger partial charge in [0.2, 0.25) is 5.78 Å². The van der Waals surface area contributed by atoms with Crippen molar-refractivity contribution < 1.29 is 19.5 Å². The Bertz CT molecular complexity index is 1420. The first-order valence-corrected chi connectivity index (χ1v) is 12.0. The Hall–Kier alpha value is -4.71. The topological polar surface area (TPSA) is 79.6 Å². The molecule has 4 rings (SSSR count). The quantitative estimate of drug-likeness (QED) is 0.298. The number of aliphatic carboxylic acids is 1. The van der Waals surface area contributed by atoms with E-state index in [4.69, 9.17) is 0 Å². The van der Waals surface area contributed by atoms with Crippen LogP contribution in [0.4, 0.5) is 0 Å². The summed E-state index contributed by atoms with van der Waals surface area (Å²) in [6.45, 7) is 2.28. The summed E-state index contributed by atoms with van der Waals surface area (Å²) >= 11 is 0. The first-order chi connectivity index (χ1) is 17.9. The lowest BCUT2D eigenvalue weighted by molar-refractivity contribution is -0.137. The van der Waals surface area contributed by atoms with Crippen molar-refractivity contribution in [1.82, 2.24) is 9.47 Å². The molecule has 6 nitrogen and oxygen atoms in total. The zero-order valence-corrected chi connectivity index (χ0v) is 20.6. The van der Waals surface area contributed by atoms with E-state index in [0.29, 0.717) is 23.4 Å². The molecule has 0 atom stereocenters. The van der Waals surface area contributed by atoms with E-state index < -0.39 is 5.97 Å². The van der Waals surface area contributed by atoms with Crippen LogP contribution in [0.15, 0.2) is 103 Å². The van der Waals surface area contributed by atoms with Crippen molar-refractivity contribution in [2.75, 3.05) is 6.54 Å². The average Bonchev–Trinajstić information content (AvgIpc) is 3.37. The molecule has 1 amide bonds. The third-order valence-corrected chi connectivity index (χ3v) is 5.95. The van der Waals surface area contributed by atoms with Crippen LogP contribution in [0.25, 0.3) is 6.08 Å². The zero-order chi connectivity index (χ0) is 26.2. The number of amides is 1. The lowest BCUT2D eigenvalue weighted by Gasteiger charge is -2.21. The van der Waals surface area contributed by atoms with Gasteiger partial charge in [-0.05, 0) is 42.3 Å². The molecule has 1 N–H and O–H groups in total. The van der Waals surface area contributed by atoms with Crippen LogP contribution >= 0.6 is 0 Å². The summed E-state index contributed by atoms with van der Waals surface area (Å²) in [5.41, 5.74) is 4.41. The monoisotopic (exact) mass is 492 g/mol. The maximum atomic E-state index is 13.2. The number of carbonyl (C=O) groups is 3. The van der Waals surface area contributed by atoms with E-state index >= 15 is 0 Å². The molecule has 0 bridgehead atoms. The van der Waals surface area contributed by atoms with Gasteiger partial charge in [-0.15, -0.1) is 0 Å². The van der Waals surface area contributed by atoms with Crippen LogP contribution in [0.5, 0.6) is 0 Å². The van der Waals surface area contributed by atoms with Gasteiger partial charge in [-0.2, -0.15) is 0 Å². The van der Waals surface area contributed by atoms with Gasteiger partial charge in [-0.1, -0.05) is 84.4 Å². The zero-order valence-electron chi connectivity index (χ0n) is 20.6. The molecule has 6 heteroatoms. The number of nitrogens with zero attached hydrogens (tertiary/aromatic N) is 2. The van der Waals surface area contributed by atoms with Crippen LogP contribution in [0.1, 0.15) is 43.1 Å². The first-order valence-electron chi connectivity index (χ1n) is 12.0. The summed E-state index contributed by atoms with van der Waals surface area (Å²) in [6.07, 6.45) is 5.67. The van der Waals surface area contributed by atoms with E-state index in [-0.39, 0.29) is 24.8 Å². The van der Waals surface area contributed by atoms with Crippen LogP contribution < -0.4 is 0 Å². The first kappa shape index (κ1) is 25.4. The van der Waals surface area contributed by atoms with Crippen LogP contribution in [-0.4, -0.2) is 38.8 Å². The Morgan fingerprint density at radius 2 is 1.62 bits per heavy atom. The number of aryl methyl sites for hydroxylation is 1. The van der Waals surface area contributed by atoms with Gasteiger partial charge in [-0.3, -0.25) is 14.4 Å². The van der Waals surface area contributed by atoms with Crippen molar-refractivity contribution in [2.24, 2.45) is 0 Å². The highest BCUT2D eigenvalue weighted by atomic mass is 16.4. The summed E-state index contributed by atoms with van der Waals surface area (Å²) in [7, 11) is 0. The Morgan fingerprint density at radius 3 is 2.35 bits per heavy atom. The highest BCUT2D eigenvalue weighted by molar-refractivity contribution is 6.08. The lowest BCUT2D eigenvalue weighted by atomic mass is 10.1. The van der Waals surface area contributed by atoms with E-state index in [1.54, 1.807) is 24.3 Å². The Kier molecular flexibility index (Phi) is 8.11. The fraction of sp³-hybridized carbons (Fsp3) is 0.129. The smallest absolute Gasteiger partial charge is 0.323 e. The van der Waals surface area contributed by atoms with Gasteiger partial charge < -0.3 is 14.6 Å². The molecular formula is C31H28N2O4. The Labute approximate surface area is 216 Å². The SMILES string of the molecule is Cc1ccc(C(=O)c2cccn2C/C=C/c2cccc(C(=O)N(CC(=O)O)Cc3ccccc3)c2)cc1. The second-order valence-corrected chi connectivity index (χ2v) is 8.81. The van der Waals surface area contributed by atoms with E-state index in [9.17, 15) is 19.5 Å². The van der Waals surface area contributed by atoms with Crippen molar-refractivity contribution in [3.05, 3.63) is 137 Å². The van der Waals surface area contributed by atoms with E-state index in [1.807, 2.05) is 96.6 Å². The molecule has 1 aromatic heterocycles. The molecule has 3 aromatic carbocycles. The summed E-state index contributed by atoms with van der Waals surface area (Å²) in [5.74, 6) is -1.45. The number of carboxylic acid groups (broad SMARTS) is 1. The van der Waals surface area contributed by atoms with E-state index in [1.165, 1.54) is 4.90 Å². The van der Waals surface area contributed by atoms with Gasteiger partial charge in [0.15, 0.2) is 0 Å². The second kappa shape index (κ2) is 11.8. The molecular weight excluding hydrogens is 464 g/mol. The molecule has 1 heterocycles. The van der Waals surface area contributed by atoms with Crippen LogP contribution in [0.3, 0.4) is 0 Å². The maximum absolute atomic E-state index is 13.2. The van der Waals surface area contributed by atoms with Gasteiger partial charge in [0.1, 0.15) is 6.54 Å². The molecule has 0 saturated heterocycles. The number of aromatic nitrogens is 1. The summed E-state index contributed by atoms with van der Waals surface area (Å²) in [6, 6.07) is 27.5. The molecule has 0 fully saturated rings. The largest absolute Gasteiger partial charge is 0.480 e. The summed E-state index contributed by atoms with van der Waals surface area (Å²) in [4.78, 5) is 38.8. The molecule has 0 aliphatic carbocycles. The summed E-state index contributed by atoms with van der Waals surface area (Å²) < 4.78 is 1.88. The molecule has 0 aliphatic heterocycles. The molecule has 0 radical (unpaired) electrons. The number of ketones is 1. The van der Waals surface area contributed by atoms with Gasteiger partial charge in [-0.25, -0.2) is 0 Å². The van der Waals surface area contributed by atoms with Crippen molar-refractivity contribution in [3.8, 4) is 0 Å². The molecule has 186 valence electrons. The van der Waals surface area contributed by atoms with E-state index in [0.717, 1.165) is 16.7 Å². The van der Waals surface area contributed by atoms with E-state index in [2.05, 4.69) is 0 Å². The van der Waals surface area contributed by atoms with Crippen molar-refractivity contribution >= 4 is 23.7 Å². The van der Waals surface area contributed by atoms with Crippen LogP contribution in [-0.2, 0) is 17.9 Å². The Balaban J connectivity index is 1.47. The Morgan fingerprint density at radius 1 is 0.865 bits per heavy atom. The maximum Gasteiger partial charge on any atom is 0.323 e. The predicted molar refractivity (Wildman–Crippen MR) is 143 cm³/mol. The van der Waals surface area contributed by atoms with Crippen LogP contribution in [0.2, 0.25) is 0 Å². The van der Waals surface area contributed by atoms with Crippen molar-refractivity contribution in [2.45, 2.75) is 20.0 Å². The minimum absolute atomic E-state index is 0.0390. The molecule has 0 unspecified atom stereocenters. The minimum Gasteiger partial charge on any atom is -0.480 e. The van der Waals surface area contributed by atoms with Crippen molar-refractivity contribution in [3.63, 3.8) is 0 Å². The number of rotatable bonds is 10. The van der Waals surface area contributed by atoms with Crippen molar-refractivity contribution in [1.29, 1.82) is 0 Å². The molecule has 37 heavy (non-hydrogen) atoms. The summed E-state index contributed by atoms with van der Waals surface area (Å²) in [5, 5.41) is 9.33. The van der Waals surface area contributed by atoms with Gasteiger partial charge in [0.25, 0.3) is 5.91 Å². The number of allylic oxidation sites excluding steroid dienone is 1. The molecule has 0 saturated carbocycles. The number of hydrogen-bond donors (Lipinski definition) is 1. The average molecular weight is 493 g/mol. The second-order valence-electron chi connectivity index (χ2n) is 8.81. The number of carbonyl (C=O) groups excluding carboxylic acids is 2. The minimum atomic E-state index is -1.07. The number of hydrogen-bond acceptors (Lipinski definition) is 3. The molecule has 4 aromatic rings. The third-order valence-electron chi connectivity index (χ3n) is 5.95. The normalized spacial score (nSPS) is 10.9. The fourth-order valence-corrected chi connectivity index (χ4v) is 4.06. The standard InChI is InChI=1S/C31H28N2O4/c1-23-14-16-26(17-15-23)30(36)28-13-7-19-32(28)18-6-11-24-10-5-12-27(20-24)31(37)33(22-29(34)35)21-25-8-3-2-4-9-25/h2-17,19-20H,18,21-22H2,1H3,(H,34,35)/b11-6+. The fourth-order valence-electron chi connectivity index (χ4n) is 4.06. The van der Waals surface area contributed by atoms with Gasteiger partial charge in [0, 0.05) is 30.4 Å². The highest BCUT2D eigenvalue weighted by Crippen LogP contribution is 2.15. The van der Waals surface area contributed by atoms with Crippen LogP contribution in [0, 0.1) is 6.92 Å². The predicted octanol–water partition coefficient (Wildman–Crippen LogP) is 5.47.